The molecule has 0 aliphatic carbocycles. The maximum absolute atomic E-state index is 11.6. The van der Waals surface area contributed by atoms with Crippen molar-refractivity contribution < 1.29 is 28.6 Å². The van der Waals surface area contributed by atoms with Crippen LogP contribution in [0.15, 0.2) is 0 Å². The predicted octanol–water partition coefficient (Wildman–Crippen LogP) is 0.414. The minimum atomic E-state index is -1.42. The Morgan fingerprint density at radius 2 is 1.50 bits per heavy atom. The summed E-state index contributed by atoms with van der Waals surface area (Å²) in [6.07, 6.45) is 0.922. The van der Waals surface area contributed by atoms with Gasteiger partial charge in [0.25, 0.3) is 0 Å². The van der Waals surface area contributed by atoms with Crippen LogP contribution in [0.5, 0.6) is 0 Å². The molecule has 0 aromatic heterocycles. The zero-order chi connectivity index (χ0) is 15.4. The number of rotatable bonds is 10. The van der Waals surface area contributed by atoms with Crippen LogP contribution in [-0.2, 0) is 28.6 Å². The van der Waals surface area contributed by atoms with E-state index in [9.17, 15) is 14.4 Å². The summed E-state index contributed by atoms with van der Waals surface area (Å²) in [6.45, 7) is 6.21. The van der Waals surface area contributed by atoms with Gasteiger partial charge in [-0.05, 0) is 20.3 Å². The van der Waals surface area contributed by atoms with Crippen molar-refractivity contribution in [2.24, 2.45) is 0 Å². The number of nitrogens with one attached hydrogen (secondary N) is 1. The third kappa shape index (κ3) is 7.73. The van der Waals surface area contributed by atoms with Crippen LogP contribution in [0.4, 0.5) is 0 Å². The van der Waals surface area contributed by atoms with Gasteiger partial charge in [0.1, 0.15) is 0 Å². The van der Waals surface area contributed by atoms with Gasteiger partial charge in [0.05, 0.1) is 19.8 Å². The lowest BCUT2D eigenvalue weighted by atomic mass is 10.2. The van der Waals surface area contributed by atoms with Crippen molar-refractivity contribution in [2.75, 3.05) is 26.4 Å². The van der Waals surface area contributed by atoms with Crippen LogP contribution in [0.3, 0.4) is 0 Å². The number of ether oxygens (including phenoxy) is 3. The zero-order valence-electron chi connectivity index (χ0n) is 12.3. The smallest absolute Gasteiger partial charge is 0.340 e. The molecular weight excluding hydrogens is 266 g/mol. The molecule has 7 nitrogen and oxygen atoms in total. The van der Waals surface area contributed by atoms with Gasteiger partial charge in [-0.15, -0.1) is 0 Å². The highest BCUT2D eigenvalue weighted by Gasteiger charge is 2.30. The van der Waals surface area contributed by atoms with E-state index in [0.717, 1.165) is 6.42 Å². The average Bonchev–Trinajstić information content (AvgIpc) is 2.41. The Balaban J connectivity index is 4.36. The molecular formula is C13H23NO6. The van der Waals surface area contributed by atoms with E-state index in [-0.39, 0.29) is 26.2 Å². The monoisotopic (exact) mass is 289 g/mol. The van der Waals surface area contributed by atoms with Gasteiger partial charge in [-0.25, -0.2) is 9.59 Å². The number of hydrogen-bond donors (Lipinski definition) is 1. The zero-order valence-corrected chi connectivity index (χ0v) is 12.3. The van der Waals surface area contributed by atoms with E-state index >= 15 is 0 Å². The highest BCUT2D eigenvalue weighted by atomic mass is 16.6. The number of esters is 2. The third-order valence-electron chi connectivity index (χ3n) is 2.17. The molecule has 116 valence electrons. The molecule has 0 atom stereocenters. The fourth-order valence-electron chi connectivity index (χ4n) is 1.31. The second-order valence-corrected chi connectivity index (χ2v) is 3.87. The predicted molar refractivity (Wildman–Crippen MR) is 70.9 cm³/mol. The van der Waals surface area contributed by atoms with Crippen LogP contribution in [0.2, 0.25) is 0 Å². The van der Waals surface area contributed by atoms with Crippen LogP contribution in [-0.4, -0.2) is 50.3 Å². The Morgan fingerprint density at radius 1 is 0.950 bits per heavy atom. The lowest BCUT2D eigenvalue weighted by molar-refractivity contribution is -0.159. The Hall–Kier alpha value is -1.63. The van der Waals surface area contributed by atoms with Gasteiger partial charge in [-0.1, -0.05) is 6.92 Å². The summed E-state index contributed by atoms with van der Waals surface area (Å²) in [5, 5.41) is 2.30. The van der Waals surface area contributed by atoms with Crippen LogP contribution >= 0.6 is 0 Å². The second kappa shape index (κ2) is 11.2. The standard InChI is InChI=1S/C13H23NO6/c1-4-8-18-9-7-10(15)14-11(12(16)19-5-2)13(17)20-6-3/h11H,4-9H2,1-3H3,(H,14,15). The van der Waals surface area contributed by atoms with Crippen molar-refractivity contribution >= 4 is 17.8 Å². The van der Waals surface area contributed by atoms with Crippen LogP contribution in [0.1, 0.15) is 33.6 Å². The van der Waals surface area contributed by atoms with E-state index in [4.69, 9.17) is 14.2 Å². The molecule has 0 rings (SSSR count). The SMILES string of the molecule is CCCOCCC(=O)NC(C(=O)OCC)C(=O)OCC. The quantitative estimate of drug-likeness (QED) is 0.356. The summed E-state index contributed by atoms with van der Waals surface area (Å²) in [7, 11) is 0. The number of carbonyl (C=O) groups excluding carboxylic acids is 3. The minimum absolute atomic E-state index is 0.0648. The number of amides is 1. The second-order valence-electron chi connectivity index (χ2n) is 3.87. The molecule has 0 unspecified atom stereocenters. The van der Waals surface area contributed by atoms with E-state index in [1.165, 1.54) is 0 Å². The van der Waals surface area contributed by atoms with E-state index < -0.39 is 23.9 Å². The molecule has 0 heterocycles. The first-order valence-electron chi connectivity index (χ1n) is 6.77. The molecule has 0 aliphatic rings. The van der Waals surface area contributed by atoms with E-state index in [1.807, 2.05) is 6.92 Å². The van der Waals surface area contributed by atoms with Crippen molar-refractivity contribution in [1.29, 1.82) is 0 Å². The van der Waals surface area contributed by atoms with Gasteiger partial charge in [-0.2, -0.15) is 0 Å². The van der Waals surface area contributed by atoms with E-state index in [1.54, 1.807) is 13.8 Å². The summed E-state index contributed by atoms with van der Waals surface area (Å²) in [5.41, 5.74) is 0. The maximum Gasteiger partial charge on any atom is 0.340 e. The topological polar surface area (TPSA) is 90.9 Å². The van der Waals surface area contributed by atoms with Crippen molar-refractivity contribution in [1.82, 2.24) is 5.32 Å². The lowest BCUT2D eigenvalue weighted by Gasteiger charge is -2.15. The first-order chi connectivity index (χ1) is 9.56. The summed E-state index contributed by atoms with van der Waals surface area (Å²) < 4.78 is 14.6. The molecule has 20 heavy (non-hydrogen) atoms. The van der Waals surface area contributed by atoms with E-state index in [2.05, 4.69) is 5.32 Å². The molecule has 0 fully saturated rings. The molecule has 1 amide bonds. The van der Waals surface area contributed by atoms with Crippen molar-refractivity contribution in [2.45, 2.75) is 39.7 Å². The molecule has 0 aromatic carbocycles. The normalized spacial score (nSPS) is 10.2. The first kappa shape index (κ1) is 18.4. The van der Waals surface area contributed by atoms with Crippen LogP contribution in [0.25, 0.3) is 0 Å². The van der Waals surface area contributed by atoms with Gasteiger partial charge >= 0.3 is 11.9 Å². The fraction of sp³-hybridized carbons (Fsp3) is 0.769. The first-order valence-corrected chi connectivity index (χ1v) is 6.77. The van der Waals surface area contributed by atoms with Crippen molar-refractivity contribution in [3.8, 4) is 0 Å². The summed E-state index contributed by atoms with van der Waals surface area (Å²) in [6, 6.07) is -1.42. The Morgan fingerprint density at radius 3 is 1.95 bits per heavy atom. The summed E-state index contributed by atoms with van der Waals surface area (Å²) in [5.74, 6) is -2.12. The molecule has 0 saturated carbocycles. The minimum Gasteiger partial charge on any atom is -0.464 e. The number of hydrogen-bond acceptors (Lipinski definition) is 6. The highest BCUT2D eigenvalue weighted by Crippen LogP contribution is 1.96. The highest BCUT2D eigenvalue weighted by molar-refractivity contribution is 6.02. The molecule has 0 aromatic rings. The van der Waals surface area contributed by atoms with Gasteiger partial charge in [0.2, 0.25) is 11.9 Å². The molecule has 0 saturated heterocycles. The maximum atomic E-state index is 11.6. The molecule has 0 aliphatic heterocycles. The number of carbonyl (C=O) groups is 3. The van der Waals surface area contributed by atoms with Gasteiger partial charge < -0.3 is 19.5 Å². The van der Waals surface area contributed by atoms with E-state index in [0.29, 0.717) is 6.61 Å². The largest absolute Gasteiger partial charge is 0.464 e. The summed E-state index contributed by atoms with van der Waals surface area (Å²) in [4.78, 5) is 34.8. The lowest BCUT2D eigenvalue weighted by Crippen LogP contribution is -2.48. The van der Waals surface area contributed by atoms with Gasteiger partial charge in [-0.3, -0.25) is 4.79 Å². The molecule has 1 N–H and O–H groups in total. The van der Waals surface area contributed by atoms with Crippen LogP contribution in [0, 0.1) is 0 Å². The average molecular weight is 289 g/mol. The van der Waals surface area contributed by atoms with Crippen LogP contribution < -0.4 is 5.32 Å². The molecule has 0 bridgehead atoms. The third-order valence-corrected chi connectivity index (χ3v) is 2.17. The van der Waals surface area contributed by atoms with Crippen molar-refractivity contribution in [3.05, 3.63) is 0 Å². The molecule has 0 radical (unpaired) electrons. The fourth-order valence-corrected chi connectivity index (χ4v) is 1.31. The van der Waals surface area contributed by atoms with Gasteiger partial charge in [0.15, 0.2) is 0 Å². The van der Waals surface area contributed by atoms with Gasteiger partial charge in [0, 0.05) is 13.0 Å². The Bertz CT molecular complexity index is 300. The summed E-state index contributed by atoms with van der Waals surface area (Å²) >= 11 is 0. The Kier molecular flexibility index (Phi) is 10.3. The molecule has 0 spiro atoms. The van der Waals surface area contributed by atoms with Crippen molar-refractivity contribution in [3.63, 3.8) is 0 Å². The molecule has 7 heteroatoms. The Labute approximate surface area is 118 Å².